The van der Waals surface area contributed by atoms with Gasteiger partial charge in [0.1, 0.15) is 0 Å². The van der Waals surface area contributed by atoms with E-state index in [1.807, 2.05) is 36.5 Å². The Morgan fingerprint density at radius 2 is 1.96 bits per heavy atom. The first kappa shape index (κ1) is 17.6. The second-order valence-corrected chi connectivity index (χ2v) is 7.76. The molecule has 1 aromatic carbocycles. The minimum atomic E-state index is 0.0336. The van der Waals surface area contributed by atoms with Gasteiger partial charge in [-0.15, -0.1) is 0 Å². The van der Waals surface area contributed by atoms with Crippen molar-refractivity contribution >= 4 is 11.6 Å². The van der Waals surface area contributed by atoms with Crippen LogP contribution in [0.2, 0.25) is 0 Å². The molecule has 132 valence electrons. The Bertz CT molecular complexity index is 704. The summed E-state index contributed by atoms with van der Waals surface area (Å²) in [6, 6.07) is 14.4. The van der Waals surface area contributed by atoms with Crippen LogP contribution in [0.25, 0.3) is 0 Å². The van der Waals surface area contributed by atoms with E-state index >= 15 is 0 Å². The van der Waals surface area contributed by atoms with Gasteiger partial charge in [0.15, 0.2) is 0 Å². The number of nitrogens with one attached hydrogen (secondary N) is 1. The summed E-state index contributed by atoms with van der Waals surface area (Å²) in [4.78, 5) is 19.1. The Labute approximate surface area is 150 Å². The fourth-order valence-corrected chi connectivity index (χ4v) is 3.36. The second kappa shape index (κ2) is 7.36. The number of carbonyl (C=O) groups is 1. The number of amides is 1. The molecule has 1 aliphatic rings. The molecule has 1 amide bonds. The average Bonchev–Trinajstić information content (AvgIpc) is 3.03. The van der Waals surface area contributed by atoms with Crippen molar-refractivity contribution in [2.24, 2.45) is 0 Å². The van der Waals surface area contributed by atoms with Crippen LogP contribution < -0.4 is 5.32 Å². The molecule has 4 heteroatoms. The molecular formula is C21H27N3O. The highest BCUT2D eigenvalue weighted by atomic mass is 16.2. The number of rotatable bonds is 4. The highest BCUT2D eigenvalue weighted by Gasteiger charge is 2.28. The molecular weight excluding hydrogens is 310 g/mol. The van der Waals surface area contributed by atoms with Crippen LogP contribution in [0.1, 0.15) is 50.9 Å². The van der Waals surface area contributed by atoms with Gasteiger partial charge in [0.25, 0.3) is 0 Å². The predicted octanol–water partition coefficient (Wildman–Crippen LogP) is 4.15. The highest BCUT2D eigenvalue weighted by molar-refractivity contribution is 5.92. The first-order valence-electron chi connectivity index (χ1n) is 8.99. The minimum Gasteiger partial charge on any atom is -0.325 e. The van der Waals surface area contributed by atoms with Gasteiger partial charge >= 0.3 is 0 Å². The monoisotopic (exact) mass is 337 g/mol. The van der Waals surface area contributed by atoms with Crippen LogP contribution >= 0.6 is 0 Å². The zero-order chi connectivity index (χ0) is 17.9. The lowest BCUT2D eigenvalue weighted by Crippen LogP contribution is -2.33. The van der Waals surface area contributed by atoms with E-state index in [0.717, 1.165) is 30.8 Å². The molecule has 1 saturated heterocycles. The van der Waals surface area contributed by atoms with E-state index in [1.165, 1.54) is 5.56 Å². The molecule has 1 fully saturated rings. The van der Waals surface area contributed by atoms with Crippen molar-refractivity contribution in [2.75, 3.05) is 18.4 Å². The van der Waals surface area contributed by atoms with Crippen LogP contribution in [0.5, 0.6) is 0 Å². The van der Waals surface area contributed by atoms with E-state index in [4.69, 9.17) is 0 Å². The molecule has 0 bridgehead atoms. The summed E-state index contributed by atoms with van der Waals surface area (Å²) in [5, 5.41) is 3.02. The van der Waals surface area contributed by atoms with Crippen molar-refractivity contribution in [2.45, 2.75) is 45.1 Å². The van der Waals surface area contributed by atoms with E-state index in [9.17, 15) is 4.79 Å². The van der Waals surface area contributed by atoms with Crippen LogP contribution in [-0.4, -0.2) is 28.9 Å². The van der Waals surface area contributed by atoms with Gasteiger partial charge in [0.2, 0.25) is 5.91 Å². The minimum absolute atomic E-state index is 0.0336. The third kappa shape index (κ3) is 4.45. The Morgan fingerprint density at radius 1 is 1.20 bits per heavy atom. The zero-order valence-electron chi connectivity index (χ0n) is 15.3. The Morgan fingerprint density at radius 3 is 2.60 bits per heavy atom. The van der Waals surface area contributed by atoms with E-state index in [2.05, 4.69) is 48.1 Å². The molecule has 4 nitrogen and oxygen atoms in total. The molecule has 3 rings (SSSR count). The summed E-state index contributed by atoms with van der Waals surface area (Å²) < 4.78 is 0. The van der Waals surface area contributed by atoms with Crippen molar-refractivity contribution in [3.05, 3.63) is 59.9 Å². The number of benzene rings is 1. The van der Waals surface area contributed by atoms with E-state index < -0.39 is 0 Å². The van der Waals surface area contributed by atoms with E-state index in [1.54, 1.807) is 0 Å². The van der Waals surface area contributed by atoms with Gasteiger partial charge in [-0.1, -0.05) is 39.0 Å². The number of anilines is 1. The van der Waals surface area contributed by atoms with Gasteiger partial charge in [-0.2, -0.15) is 0 Å². The van der Waals surface area contributed by atoms with Crippen molar-refractivity contribution < 1.29 is 4.79 Å². The van der Waals surface area contributed by atoms with Crippen LogP contribution in [0.4, 0.5) is 5.69 Å². The lowest BCUT2D eigenvalue weighted by atomic mass is 9.87. The quantitative estimate of drug-likeness (QED) is 0.911. The SMILES string of the molecule is CC(C)(C)c1ccc(NC(=O)CN2CCC[C@@H]2c2ccccn2)cc1. The van der Waals surface area contributed by atoms with E-state index in [0.29, 0.717) is 6.54 Å². The molecule has 0 saturated carbocycles. The second-order valence-electron chi connectivity index (χ2n) is 7.76. The molecule has 0 spiro atoms. The summed E-state index contributed by atoms with van der Waals surface area (Å²) in [7, 11) is 0. The number of likely N-dealkylation sites (tertiary alicyclic amines) is 1. The van der Waals surface area contributed by atoms with Crippen molar-refractivity contribution in [3.8, 4) is 0 Å². The molecule has 0 aliphatic carbocycles. The van der Waals surface area contributed by atoms with E-state index in [-0.39, 0.29) is 17.4 Å². The number of aromatic nitrogens is 1. The fourth-order valence-electron chi connectivity index (χ4n) is 3.36. The highest BCUT2D eigenvalue weighted by Crippen LogP contribution is 2.30. The summed E-state index contributed by atoms with van der Waals surface area (Å²) in [6.07, 6.45) is 3.99. The molecule has 1 atom stereocenters. The molecule has 2 aromatic rings. The maximum Gasteiger partial charge on any atom is 0.238 e. The van der Waals surface area contributed by atoms with Crippen LogP contribution in [0.3, 0.4) is 0 Å². The van der Waals surface area contributed by atoms with Crippen LogP contribution in [0, 0.1) is 0 Å². The summed E-state index contributed by atoms with van der Waals surface area (Å²) in [6.45, 7) is 7.91. The standard InChI is InChI=1S/C21H27N3O/c1-21(2,3)16-9-11-17(12-10-16)23-20(25)15-24-14-6-8-19(24)18-7-4-5-13-22-18/h4-5,7,9-13,19H,6,8,14-15H2,1-3H3,(H,23,25)/t19-/m1/s1. The maximum absolute atomic E-state index is 12.5. The normalized spacial score (nSPS) is 18.3. The lowest BCUT2D eigenvalue weighted by molar-refractivity contribution is -0.117. The lowest BCUT2D eigenvalue weighted by Gasteiger charge is -2.23. The summed E-state index contributed by atoms with van der Waals surface area (Å²) in [5.74, 6) is 0.0336. The Balaban J connectivity index is 1.60. The van der Waals surface area contributed by atoms with Crippen LogP contribution in [-0.2, 0) is 10.2 Å². The fraction of sp³-hybridized carbons (Fsp3) is 0.429. The first-order chi connectivity index (χ1) is 11.9. The third-order valence-electron chi connectivity index (χ3n) is 4.77. The zero-order valence-corrected chi connectivity index (χ0v) is 15.3. The topological polar surface area (TPSA) is 45.2 Å². The molecule has 1 N–H and O–H groups in total. The molecule has 0 unspecified atom stereocenters. The molecule has 0 radical (unpaired) electrons. The number of pyridine rings is 1. The average molecular weight is 337 g/mol. The smallest absolute Gasteiger partial charge is 0.238 e. The molecule has 1 aliphatic heterocycles. The molecule has 2 heterocycles. The van der Waals surface area contributed by atoms with Gasteiger partial charge in [-0.25, -0.2) is 0 Å². The Kier molecular flexibility index (Phi) is 5.19. The molecule has 1 aromatic heterocycles. The largest absolute Gasteiger partial charge is 0.325 e. The van der Waals surface area contributed by atoms with Gasteiger partial charge < -0.3 is 5.32 Å². The third-order valence-corrected chi connectivity index (χ3v) is 4.77. The molecule has 25 heavy (non-hydrogen) atoms. The summed E-state index contributed by atoms with van der Waals surface area (Å²) >= 11 is 0. The predicted molar refractivity (Wildman–Crippen MR) is 102 cm³/mol. The Hall–Kier alpha value is -2.20. The van der Waals surface area contributed by atoms with Crippen molar-refractivity contribution in [1.82, 2.24) is 9.88 Å². The van der Waals surface area contributed by atoms with Crippen LogP contribution in [0.15, 0.2) is 48.7 Å². The van der Waals surface area contributed by atoms with Crippen molar-refractivity contribution in [1.29, 1.82) is 0 Å². The summed E-state index contributed by atoms with van der Waals surface area (Å²) in [5.41, 5.74) is 3.29. The van der Waals surface area contributed by atoms with Crippen molar-refractivity contribution in [3.63, 3.8) is 0 Å². The van der Waals surface area contributed by atoms with Gasteiger partial charge in [0, 0.05) is 11.9 Å². The van der Waals surface area contributed by atoms with Gasteiger partial charge in [-0.3, -0.25) is 14.7 Å². The maximum atomic E-state index is 12.5. The van der Waals surface area contributed by atoms with Gasteiger partial charge in [0.05, 0.1) is 18.3 Å². The number of hydrogen-bond acceptors (Lipinski definition) is 3. The first-order valence-corrected chi connectivity index (χ1v) is 8.99. The number of hydrogen-bond donors (Lipinski definition) is 1. The number of carbonyl (C=O) groups excluding carboxylic acids is 1. The number of nitrogens with zero attached hydrogens (tertiary/aromatic N) is 2. The van der Waals surface area contributed by atoms with Gasteiger partial charge in [-0.05, 0) is 54.6 Å².